The van der Waals surface area contributed by atoms with Gasteiger partial charge in [0, 0.05) is 17.0 Å². The Morgan fingerprint density at radius 2 is 2.00 bits per heavy atom. The number of nitrogens with zero attached hydrogens (tertiary/aromatic N) is 1. The van der Waals surface area contributed by atoms with Gasteiger partial charge >= 0.3 is 0 Å². The molecule has 1 aromatic carbocycles. The van der Waals surface area contributed by atoms with Gasteiger partial charge < -0.3 is 10.1 Å². The molecule has 0 unspecified atom stereocenters. The van der Waals surface area contributed by atoms with E-state index in [2.05, 4.69) is 29.4 Å². The van der Waals surface area contributed by atoms with Crippen LogP contribution >= 0.6 is 11.3 Å². The summed E-state index contributed by atoms with van der Waals surface area (Å²) in [4.78, 5) is 5.91. The molecule has 0 amide bonds. The molecule has 1 aromatic heterocycles. The highest BCUT2D eigenvalue weighted by Gasteiger charge is 2.08. The molecule has 0 radical (unpaired) electrons. The minimum atomic E-state index is 0.696. The zero-order chi connectivity index (χ0) is 13.0. The van der Waals surface area contributed by atoms with E-state index in [4.69, 9.17) is 4.74 Å². The van der Waals surface area contributed by atoms with Gasteiger partial charge in [0.05, 0.1) is 12.3 Å². The lowest BCUT2D eigenvalue weighted by Gasteiger charge is -2.02. The van der Waals surface area contributed by atoms with Crippen molar-refractivity contribution in [2.45, 2.75) is 20.4 Å². The normalized spacial score (nSPS) is 10.6. The van der Waals surface area contributed by atoms with Crippen LogP contribution in [0.25, 0.3) is 10.6 Å². The monoisotopic (exact) mass is 262 g/mol. The van der Waals surface area contributed by atoms with E-state index in [1.54, 1.807) is 11.3 Å². The molecule has 18 heavy (non-hydrogen) atoms. The summed E-state index contributed by atoms with van der Waals surface area (Å²) in [6.45, 7) is 5.62. The van der Waals surface area contributed by atoms with Crippen molar-refractivity contribution < 1.29 is 4.74 Å². The Bertz CT molecular complexity index is 505. The summed E-state index contributed by atoms with van der Waals surface area (Å²) in [5, 5.41) is 4.24. The number of aromatic nitrogens is 1. The maximum Gasteiger partial charge on any atom is 0.123 e. The molecule has 2 rings (SSSR count). The number of nitrogens with one attached hydrogen (secondary N) is 1. The molecule has 4 heteroatoms. The molecule has 0 atom stereocenters. The molecule has 0 spiro atoms. The standard InChI is InChI=1S/C14H18N2OS/c1-4-17-12-7-5-11(6-8-12)14-16-10(2)13(18-14)9-15-3/h5-8,15H,4,9H2,1-3H3. The fourth-order valence-corrected chi connectivity index (χ4v) is 2.82. The maximum absolute atomic E-state index is 5.44. The number of hydrogen-bond acceptors (Lipinski definition) is 4. The van der Waals surface area contributed by atoms with Gasteiger partial charge in [0.25, 0.3) is 0 Å². The highest BCUT2D eigenvalue weighted by atomic mass is 32.1. The molecule has 3 nitrogen and oxygen atoms in total. The summed E-state index contributed by atoms with van der Waals surface area (Å²) in [6, 6.07) is 8.11. The van der Waals surface area contributed by atoms with Crippen LogP contribution in [0.1, 0.15) is 17.5 Å². The summed E-state index contributed by atoms with van der Waals surface area (Å²) in [6.07, 6.45) is 0. The molecular formula is C14H18N2OS. The van der Waals surface area contributed by atoms with Crippen LogP contribution < -0.4 is 10.1 Å². The van der Waals surface area contributed by atoms with Crippen molar-refractivity contribution >= 4 is 11.3 Å². The number of benzene rings is 1. The Hall–Kier alpha value is -1.39. The Morgan fingerprint density at radius 3 is 2.61 bits per heavy atom. The predicted octanol–water partition coefficient (Wildman–Crippen LogP) is 3.24. The van der Waals surface area contributed by atoms with Crippen LogP contribution in [0.3, 0.4) is 0 Å². The summed E-state index contributed by atoms with van der Waals surface area (Å²) in [7, 11) is 1.95. The van der Waals surface area contributed by atoms with Crippen LogP contribution in [0.5, 0.6) is 5.75 Å². The Morgan fingerprint density at radius 1 is 1.28 bits per heavy atom. The van der Waals surface area contributed by atoms with E-state index in [1.165, 1.54) is 4.88 Å². The quantitative estimate of drug-likeness (QED) is 0.898. The first-order valence-corrected chi connectivity index (χ1v) is 6.90. The van der Waals surface area contributed by atoms with Crippen molar-refractivity contribution in [2.24, 2.45) is 0 Å². The van der Waals surface area contributed by atoms with Crippen molar-refractivity contribution in [3.63, 3.8) is 0 Å². The van der Waals surface area contributed by atoms with Crippen molar-refractivity contribution in [3.8, 4) is 16.3 Å². The van der Waals surface area contributed by atoms with Gasteiger partial charge in [0.2, 0.25) is 0 Å². The lowest BCUT2D eigenvalue weighted by molar-refractivity contribution is 0.340. The van der Waals surface area contributed by atoms with Crippen molar-refractivity contribution in [1.29, 1.82) is 0 Å². The van der Waals surface area contributed by atoms with E-state index in [1.807, 2.05) is 26.1 Å². The first-order chi connectivity index (χ1) is 8.74. The minimum absolute atomic E-state index is 0.696. The molecule has 0 bridgehead atoms. The van der Waals surface area contributed by atoms with E-state index >= 15 is 0 Å². The van der Waals surface area contributed by atoms with Crippen LogP contribution in [0.4, 0.5) is 0 Å². The van der Waals surface area contributed by atoms with E-state index in [0.717, 1.165) is 28.6 Å². The lowest BCUT2D eigenvalue weighted by Crippen LogP contribution is -2.04. The van der Waals surface area contributed by atoms with Crippen molar-refractivity contribution in [1.82, 2.24) is 10.3 Å². The van der Waals surface area contributed by atoms with Gasteiger partial charge in [-0.2, -0.15) is 0 Å². The average Bonchev–Trinajstić information content (AvgIpc) is 2.73. The fourth-order valence-electron chi connectivity index (χ4n) is 1.74. The summed E-state index contributed by atoms with van der Waals surface area (Å²) < 4.78 is 5.44. The van der Waals surface area contributed by atoms with Crippen LogP contribution in [0.15, 0.2) is 24.3 Å². The smallest absolute Gasteiger partial charge is 0.123 e. The number of thiazole rings is 1. The zero-order valence-electron chi connectivity index (χ0n) is 11.0. The molecule has 0 fully saturated rings. The second-order valence-electron chi connectivity index (χ2n) is 4.02. The van der Waals surface area contributed by atoms with Gasteiger partial charge in [-0.1, -0.05) is 0 Å². The van der Waals surface area contributed by atoms with Gasteiger partial charge in [0.1, 0.15) is 10.8 Å². The van der Waals surface area contributed by atoms with Gasteiger partial charge in [0.15, 0.2) is 0 Å². The third kappa shape index (κ3) is 2.89. The summed E-state index contributed by atoms with van der Waals surface area (Å²) in [5.74, 6) is 0.907. The second kappa shape index (κ2) is 5.98. The molecule has 1 N–H and O–H groups in total. The molecule has 0 aliphatic carbocycles. The number of aryl methyl sites for hydroxylation is 1. The Balaban J connectivity index is 2.22. The first kappa shape index (κ1) is 13.1. The van der Waals surface area contributed by atoms with E-state index in [9.17, 15) is 0 Å². The molecule has 96 valence electrons. The van der Waals surface area contributed by atoms with Gasteiger partial charge in [-0.15, -0.1) is 11.3 Å². The minimum Gasteiger partial charge on any atom is -0.494 e. The summed E-state index contributed by atoms with van der Waals surface area (Å²) in [5.41, 5.74) is 2.26. The van der Waals surface area contributed by atoms with Crippen molar-refractivity contribution in [3.05, 3.63) is 34.8 Å². The molecule has 0 aliphatic heterocycles. The predicted molar refractivity (Wildman–Crippen MR) is 76.2 cm³/mol. The van der Waals surface area contributed by atoms with E-state index < -0.39 is 0 Å². The van der Waals surface area contributed by atoms with Gasteiger partial charge in [-0.3, -0.25) is 0 Å². The van der Waals surface area contributed by atoms with Crippen LogP contribution in [-0.2, 0) is 6.54 Å². The second-order valence-corrected chi connectivity index (χ2v) is 5.10. The largest absolute Gasteiger partial charge is 0.494 e. The van der Waals surface area contributed by atoms with Crippen molar-refractivity contribution in [2.75, 3.05) is 13.7 Å². The molecule has 1 heterocycles. The Labute approximate surface area is 112 Å². The average molecular weight is 262 g/mol. The number of ether oxygens (including phenoxy) is 1. The fraction of sp³-hybridized carbons (Fsp3) is 0.357. The van der Waals surface area contributed by atoms with Crippen LogP contribution in [0.2, 0.25) is 0 Å². The molecule has 2 aromatic rings. The van der Waals surface area contributed by atoms with Gasteiger partial charge in [-0.25, -0.2) is 4.98 Å². The number of hydrogen-bond donors (Lipinski definition) is 1. The Kier molecular flexibility index (Phi) is 4.33. The third-order valence-corrected chi connectivity index (χ3v) is 3.85. The van der Waals surface area contributed by atoms with Gasteiger partial charge in [-0.05, 0) is 45.2 Å². The molecule has 0 saturated heterocycles. The molecule has 0 aliphatic rings. The maximum atomic E-state index is 5.44. The van der Waals surface area contributed by atoms with Crippen LogP contribution in [-0.4, -0.2) is 18.6 Å². The topological polar surface area (TPSA) is 34.1 Å². The third-order valence-electron chi connectivity index (χ3n) is 2.64. The highest BCUT2D eigenvalue weighted by Crippen LogP contribution is 2.29. The summed E-state index contributed by atoms with van der Waals surface area (Å²) >= 11 is 1.74. The zero-order valence-corrected chi connectivity index (χ0v) is 11.8. The lowest BCUT2D eigenvalue weighted by atomic mass is 10.2. The molecule has 0 saturated carbocycles. The highest BCUT2D eigenvalue weighted by molar-refractivity contribution is 7.15. The van der Waals surface area contributed by atoms with Crippen LogP contribution in [0, 0.1) is 6.92 Å². The molecular weight excluding hydrogens is 244 g/mol. The number of rotatable bonds is 5. The first-order valence-electron chi connectivity index (χ1n) is 6.08. The van der Waals surface area contributed by atoms with E-state index in [-0.39, 0.29) is 0 Å². The van der Waals surface area contributed by atoms with E-state index in [0.29, 0.717) is 6.61 Å². The SMILES string of the molecule is CCOc1ccc(-c2nc(C)c(CNC)s2)cc1.